The first kappa shape index (κ1) is 24.4. The number of halogens is 2. The maximum Gasteiger partial charge on any atom is 0.469 e. The van der Waals surface area contributed by atoms with Gasteiger partial charge in [-0.25, -0.2) is 4.57 Å². The number of unbranched alkanes of at least 4 members (excludes halogenated alkanes) is 1. The minimum Gasteiger partial charge on any atom is -0.323 e. The molecule has 0 bridgehead atoms. The van der Waals surface area contributed by atoms with Gasteiger partial charge in [0, 0.05) is 26.9 Å². The number of aryl methyl sites for hydroxylation is 2. The van der Waals surface area contributed by atoms with Crippen molar-refractivity contribution in [3.05, 3.63) is 55.7 Å². The summed E-state index contributed by atoms with van der Waals surface area (Å²) in [7, 11) is -4.51. The Morgan fingerprint density at radius 3 is 2.55 bits per heavy atom. The van der Waals surface area contributed by atoms with Gasteiger partial charge in [0.15, 0.2) is 0 Å². The Balaban J connectivity index is 1.76. The van der Waals surface area contributed by atoms with Crippen LogP contribution < -0.4 is 5.73 Å². The van der Waals surface area contributed by atoms with Gasteiger partial charge in [-0.3, -0.25) is 4.52 Å². The fourth-order valence-electron chi connectivity index (χ4n) is 2.58. The van der Waals surface area contributed by atoms with Gasteiger partial charge in [-0.05, 0) is 68.5 Å². The number of hydrogen-bond acceptors (Lipinski definition) is 4. The number of benzene rings is 1. The lowest BCUT2D eigenvalue weighted by atomic mass is 9.98. The van der Waals surface area contributed by atoms with Crippen molar-refractivity contribution in [1.82, 2.24) is 0 Å². The number of phosphoric ester groups is 1. The predicted octanol–water partition coefficient (Wildman–Crippen LogP) is 5.19. The average Bonchev–Trinajstić information content (AvgIpc) is 3.05. The highest BCUT2D eigenvalue weighted by atomic mass is 35.5. The Hall–Kier alpha value is -0.870. The molecule has 29 heavy (non-hydrogen) atoms. The first-order chi connectivity index (χ1) is 13.5. The second-order valence-corrected chi connectivity index (χ2v) is 10.4. The molecule has 0 amide bonds. The molecule has 1 aromatic carbocycles. The van der Waals surface area contributed by atoms with Gasteiger partial charge in [-0.15, -0.1) is 11.3 Å². The molecule has 0 saturated heterocycles. The minimum atomic E-state index is -4.51. The number of rotatable bonds is 9. The Morgan fingerprint density at radius 2 is 1.90 bits per heavy atom. The zero-order valence-electron chi connectivity index (χ0n) is 16.0. The summed E-state index contributed by atoms with van der Waals surface area (Å²) in [5.74, 6) is 6.36. The van der Waals surface area contributed by atoms with E-state index < -0.39 is 13.4 Å². The summed E-state index contributed by atoms with van der Waals surface area (Å²) in [5.41, 5.74) is 6.34. The van der Waals surface area contributed by atoms with Crippen LogP contribution in [0.2, 0.25) is 10.0 Å². The maximum absolute atomic E-state index is 10.8. The van der Waals surface area contributed by atoms with Crippen LogP contribution in [0.15, 0.2) is 30.3 Å². The van der Waals surface area contributed by atoms with Crippen molar-refractivity contribution < 1.29 is 18.9 Å². The van der Waals surface area contributed by atoms with Crippen LogP contribution in [0.1, 0.15) is 41.5 Å². The predicted molar refractivity (Wildman–Crippen MR) is 120 cm³/mol. The Bertz CT molecular complexity index is 910. The van der Waals surface area contributed by atoms with Crippen LogP contribution in [-0.4, -0.2) is 21.9 Å². The molecule has 9 heteroatoms. The first-order valence-corrected chi connectivity index (χ1v) is 12.1. The number of nitrogens with two attached hydrogens (primary N) is 1. The van der Waals surface area contributed by atoms with Crippen LogP contribution in [0, 0.1) is 11.8 Å². The molecular weight excluding hydrogens is 452 g/mol. The van der Waals surface area contributed by atoms with Crippen LogP contribution in [0.3, 0.4) is 0 Å². The number of thiophene rings is 1. The molecular formula is C20H24Cl2NO4PS. The van der Waals surface area contributed by atoms with E-state index in [4.69, 9.17) is 38.7 Å². The fourth-order valence-corrected chi connectivity index (χ4v) is 4.49. The Labute approximate surface area is 185 Å². The van der Waals surface area contributed by atoms with Crippen LogP contribution >= 0.6 is 42.4 Å². The lowest BCUT2D eigenvalue weighted by Crippen LogP contribution is -2.41. The van der Waals surface area contributed by atoms with Gasteiger partial charge in [-0.1, -0.05) is 35.0 Å². The molecule has 4 N–H and O–H groups in total. The first-order valence-electron chi connectivity index (χ1n) is 9.04. The third-order valence-corrected chi connectivity index (χ3v) is 6.03. The van der Waals surface area contributed by atoms with Gasteiger partial charge in [0.05, 0.1) is 11.5 Å². The van der Waals surface area contributed by atoms with E-state index in [9.17, 15) is 4.57 Å². The van der Waals surface area contributed by atoms with Crippen LogP contribution in [0.5, 0.6) is 0 Å². The average molecular weight is 476 g/mol. The van der Waals surface area contributed by atoms with Gasteiger partial charge >= 0.3 is 7.82 Å². The summed E-state index contributed by atoms with van der Waals surface area (Å²) in [6, 6.07) is 9.54. The molecule has 1 heterocycles. The fraction of sp³-hybridized carbons (Fsp3) is 0.400. The molecule has 0 radical (unpaired) electrons. The van der Waals surface area contributed by atoms with Gasteiger partial charge in [0.25, 0.3) is 0 Å². The summed E-state index contributed by atoms with van der Waals surface area (Å²) in [5, 5.41) is 1.29. The molecule has 0 aliphatic heterocycles. The molecule has 0 aliphatic rings. The van der Waals surface area contributed by atoms with E-state index >= 15 is 0 Å². The summed E-state index contributed by atoms with van der Waals surface area (Å²) >= 11 is 13.6. The zero-order chi connectivity index (χ0) is 21.5. The van der Waals surface area contributed by atoms with E-state index in [2.05, 4.69) is 16.4 Å². The van der Waals surface area contributed by atoms with Crippen molar-refractivity contribution in [2.24, 2.45) is 5.73 Å². The zero-order valence-corrected chi connectivity index (χ0v) is 19.3. The highest BCUT2D eigenvalue weighted by molar-refractivity contribution is 7.46. The molecule has 5 nitrogen and oxygen atoms in total. The minimum absolute atomic E-state index is 0.201. The Kier molecular flexibility index (Phi) is 9.21. The summed E-state index contributed by atoms with van der Waals surface area (Å²) in [4.78, 5) is 19.7. The summed E-state index contributed by atoms with van der Waals surface area (Å²) in [6.45, 7) is 1.51. The molecule has 1 aromatic heterocycles. The molecule has 2 rings (SSSR count). The molecule has 0 spiro atoms. The topological polar surface area (TPSA) is 92.8 Å². The highest BCUT2D eigenvalue weighted by Gasteiger charge is 2.24. The van der Waals surface area contributed by atoms with Gasteiger partial charge in [-0.2, -0.15) is 0 Å². The molecule has 0 saturated carbocycles. The van der Waals surface area contributed by atoms with Crippen molar-refractivity contribution in [2.75, 3.05) is 6.61 Å². The van der Waals surface area contributed by atoms with E-state index in [0.717, 1.165) is 34.6 Å². The molecule has 0 fully saturated rings. The number of phosphoric acid groups is 1. The van der Waals surface area contributed by atoms with Crippen molar-refractivity contribution in [3.63, 3.8) is 0 Å². The monoisotopic (exact) mass is 475 g/mol. The second-order valence-electron chi connectivity index (χ2n) is 7.12. The highest BCUT2D eigenvalue weighted by Crippen LogP contribution is 2.37. The summed E-state index contributed by atoms with van der Waals surface area (Å²) in [6.07, 6.45) is 3.81. The summed E-state index contributed by atoms with van der Waals surface area (Å²) < 4.78 is 15.3. The molecule has 2 aromatic rings. The third kappa shape index (κ3) is 10.1. The lowest BCUT2D eigenvalue weighted by Gasteiger charge is -2.24. The molecule has 0 aliphatic carbocycles. The standard InChI is InChI=1S/C20H24Cl2NO4PS/c1-20(23,14-27-28(24,25)26)10-9-19-8-7-18(29-19)6-4-2-3-5-15-11-16(21)13-17(22)12-15/h7-8,11-13H,2-3,5,9-10,14,23H2,1H3,(H2,24,25,26). The van der Waals surface area contributed by atoms with Crippen LogP contribution in [-0.2, 0) is 21.9 Å². The molecule has 158 valence electrons. The third-order valence-electron chi connectivity index (χ3n) is 4.07. The van der Waals surface area contributed by atoms with Crippen molar-refractivity contribution in [2.45, 2.75) is 44.6 Å². The van der Waals surface area contributed by atoms with Crippen LogP contribution in [0.4, 0.5) is 0 Å². The van der Waals surface area contributed by atoms with E-state index in [-0.39, 0.29) is 6.61 Å². The van der Waals surface area contributed by atoms with E-state index in [0.29, 0.717) is 22.9 Å². The van der Waals surface area contributed by atoms with E-state index in [1.54, 1.807) is 24.3 Å². The normalized spacial score (nSPS) is 13.6. The molecule has 1 unspecified atom stereocenters. The van der Waals surface area contributed by atoms with Crippen molar-refractivity contribution in [3.8, 4) is 11.8 Å². The Morgan fingerprint density at radius 1 is 1.21 bits per heavy atom. The maximum atomic E-state index is 10.8. The van der Waals surface area contributed by atoms with Gasteiger partial charge < -0.3 is 15.5 Å². The largest absolute Gasteiger partial charge is 0.469 e. The van der Waals surface area contributed by atoms with Crippen molar-refractivity contribution >= 4 is 42.4 Å². The second kappa shape index (κ2) is 10.9. The van der Waals surface area contributed by atoms with Gasteiger partial charge in [0.2, 0.25) is 0 Å². The van der Waals surface area contributed by atoms with E-state index in [1.807, 2.05) is 24.3 Å². The van der Waals surface area contributed by atoms with Crippen molar-refractivity contribution in [1.29, 1.82) is 0 Å². The lowest BCUT2D eigenvalue weighted by molar-refractivity contribution is 0.154. The molecule has 1 atom stereocenters. The quantitative estimate of drug-likeness (QED) is 0.263. The van der Waals surface area contributed by atoms with Gasteiger partial charge in [0.1, 0.15) is 0 Å². The van der Waals surface area contributed by atoms with Crippen LogP contribution in [0.25, 0.3) is 0 Å². The number of hydrogen-bond donors (Lipinski definition) is 3. The van der Waals surface area contributed by atoms with E-state index in [1.165, 1.54) is 0 Å². The smallest absolute Gasteiger partial charge is 0.323 e. The SMILES string of the molecule is CC(N)(CCc1ccc(C#CCCCc2cc(Cl)cc(Cl)c2)s1)COP(=O)(O)O.